The Balaban J connectivity index is 1.49. The third-order valence-corrected chi connectivity index (χ3v) is 6.02. The number of hydrogen-bond donors (Lipinski definition) is 2. The van der Waals surface area contributed by atoms with E-state index in [0.29, 0.717) is 12.2 Å². The van der Waals surface area contributed by atoms with Gasteiger partial charge in [0, 0.05) is 19.4 Å². The summed E-state index contributed by atoms with van der Waals surface area (Å²) in [5.74, 6) is 0.152. The van der Waals surface area contributed by atoms with E-state index in [2.05, 4.69) is 5.32 Å². The number of aliphatic hydroxyl groups is 1. The summed E-state index contributed by atoms with van der Waals surface area (Å²) in [5.41, 5.74) is 1.74. The largest absolute Gasteiger partial charge is 0.493 e. The van der Waals surface area contributed by atoms with Gasteiger partial charge in [0.2, 0.25) is 5.91 Å². The summed E-state index contributed by atoms with van der Waals surface area (Å²) in [5, 5.41) is 12.8. The van der Waals surface area contributed by atoms with Crippen LogP contribution in [0.3, 0.4) is 0 Å². The van der Waals surface area contributed by atoms with E-state index in [1.807, 2.05) is 12.1 Å². The molecule has 1 unspecified atom stereocenters. The van der Waals surface area contributed by atoms with Gasteiger partial charge in [-0.15, -0.1) is 0 Å². The molecular weight excluding hydrogens is 354 g/mol. The Labute approximate surface area is 152 Å². The summed E-state index contributed by atoms with van der Waals surface area (Å²) in [6.45, 7) is 0.672. The Hall–Kier alpha value is -2.38. The first-order chi connectivity index (χ1) is 12.5. The molecule has 138 valence electrons. The van der Waals surface area contributed by atoms with E-state index in [1.54, 1.807) is 24.3 Å². The molecule has 2 aromatic rings. The van der Waals surface area contributed by atoms with Crippen LogP contribution in [0.25, 0.3) is 0 Å². The van der Waals surface area contributed by atoms with Crippen molar-refractivity contribution < 1.29 is 23.1 Å². The molecule has 2 N–H and O–H groups in total. The number of sulfone groups is 1. The predicted octanol–water partition coefficient (Wildman–Crippen LogP) is 1.64. The zero-order chi connectivity index (χ0) is 18.6. The SMILES string of the molecule is O=C(CCS(=O)(=O)c1ccccc1)NCC(O)c1ccc2c(c1)CCO2. The third-order valence-electron chi connectivity index (χ3n) is 4.29. The molecule has 0 saturated heterocycles. The lowest BCUT2D eigenvalue weighted by Gasteiger charge is -2.13. The van der Waals surface area contributed by atoms with Crippen LogP contribution in [0.15, 0.2) is 53.4 Å². The lowest BCUT2D eigenvalue weighted by Crippen LogP contribution is -2.29. The van der Waals surface area contributed by atoms with Crippen LogP contribution in [-0.4, -0.2) is 38.3 Å². The quantitative estimate of drug-likeness (QED) is 0.767. The van der Waals surface area contributed by atoms with Gasteiger partial charge in [-0.1, -0.05) is 24.3 Å². The van der Waals surface area contributed by atoms with Crippen molar-refractivity contribution >= 4 is 15.7 Å². The maximum absolute atomic E-state index is 12.2. The van der Waals surface area contributed by atoms with Crippen molar-refractivity contribution in [3.8, 4) is 5.75 Å². The molecule has 1 heterocycles. The number of benzene rings is 2. The molecule has 0 radical (unpaired) electrons. The van der Waals surface area contributed by atoms with Gasteiger partial charge in [0.25, 0.3) is 0 Å². The second kappa shape index (κ2) is 7.88. The van der Waals surface area contributed by atoms with E-state index in [0.717, 1.165) is 17.7 Å². The van der Waals surface area contributed by atoms with Gasteiger partial charge in [-0.2, -0.15) is 0 Å². The lowest BCUT2D eigenvalue weighted by atomic mass is 10.0. The Bertz CT molecular complexity index is 880. The summed E-state index contributed by atoms with van der Waals surface area (Å²) in [4.78, 5) is 12.1. The van der Waals surface area contributed by atoms with E-state index < -0.39 is 21.8 Å². The molecule has 26 heavy (non-hydrogen) atoms. The number of aliphatic hydroxyl groups excluding tert-OH is 1. The van der Waals surface area contributed by atoms with Crippen molar-refractivity contribution in [3.63, 3.8) is 0 Å². The van der Waals surface area contributed by atoms with Crippen LogP contribution in [0.4, 0.5) is 0 Å². The molecule has 0 aromatic heterocycles. The van der Waals surface area contributed by atoms with Crippen molar-refractivity contribution in [2.75, 3.05) is 18.9 Å². The van der Waals surface area contributed by atoms with Crippen LogP contribution < -0.4 is 10.1 Å². The summed E-state index contributed by atoms with van der Waals surface area (Å²) in [6.07, 6.45) is -0.197. The Kier molecular flexibility index (Phi) is 5.58. The summed E-state index contributed by atoms with van der Waals surface area (Å²) < 4.78 is 29.8. The van der Waals surface area contributed by atoms with Gasteiger partial charge >= 0.3 is 0 Å². The first-order valence-electron chi connectivity index (χ1n) is 8.44. The van der Waals surface area contributed by atoms with Gasteiger partial charge in [-0.05, 0) is 35.4 Å². The van der Waals surface area contributed by atoms with Crippen molar-refractivity contribution in [3.05, 3.63) is 59.7 Å². The van der Waals surface area contributed by atoms with E-state index in [4.69, 9.17) is 4.74 Å². The van der Waals surface area contributed by atoms with Crippen molar-refractivity contribution in [2.24, 2.45) is 0 Å². The molecule has 6 nitrogen and oxygen atoms in total. The smallest absolute Gasteiger partial charge is 0.221 e. The second-order valence-electron chi connectivity index (χ2n) is 6.17. The number of nitrogens with one attached hydrogen (secondary N) is 1. The van der Waals surface area contributed by atoms with Crippen molar-refractivity contribution in [1.82, 2.24) is 5.32 Å². The number of fused-ring (bicyclic) bond motifs is 1. The van der Waals surface area contributed by atoms with Gasteiger partial charge in [0.05, 0.1) is 23.4 Å². The van der Waals surface area contributed by atoms with Crippen LogP contribution in [-0.2, 0) is 21.1 Å². The minimum atomic E-state index is -3.49. The fourth-order valence-electron chi connectivity index (χ4n) is 2.80. The van der Waals surface area contributed by atoms with Crippen LogP contribution >= 0.6 is 0 Å². The summed E-state index contributed by atoms with van der Waals surface area (Å²) >= 11 is 0. The van der Waals surface area contributed by atoms with Crippen molar-refractivity contribution in [2.45, 2.75) is 23.8 Å². The minimum Gasteiger partial charge on any atom is -0.493 e. The highest BCUT2D eigenvalue weighted by molar-refractivity contribution is 7.91. The van der Waals surface area contributed by atoms with E-state index in [1.165, 1.54) is 12.1 Å². The molecule has 0 spiro atoms. The average molecular weight is 375 g/mol. The standard InChI is InChI=1S/C19H21NO5S/c21-17(14-6-7-18-15(12-14)8-10-25-18)13-20-19(22)9-11-26(23,24)16-4-2-1-3-5-16/h1-7,12,17,21H,8-11,13H2,(H,20,22). The van der Waals surface area contributed by atoms with Gasteiger partial charge in [0.15, 0.2) is 9.84 Å². The maximum atomic E-state index is 12.2. The number of amides is 1. The Morgan fingerprint density at radius 1 is 1.19 bits per heavy atom. The Morgan fingerprint density at radius 2 is 1.96 bits per heavy atom. The molecule has 0 bridgehead atoms. The lowest BCUT2D eigenvalue weighted by molar-refractivity contribution is -0.121. The van der Waals surface area contributed by atoms with Crippen LogP contribution in [0, 0.1) is 0 Å². The van der Waals surface area contributed by atoms with Crippen LogP contribution in [0.5, 0.6) is 5.75 Å². The highest BCUT2D eigenvalue weighted by Crippen LogP contribution is 2.28. The number of carbonyl (C=O) groups is 1. The van der Waals surface area contributed by atoms with Crippen molar-refractivity contribution in [1.29, 1.82) is 0 Å². The molecule has 0 fully saturated rings. The summed E-state index contributed by atoms with van der Waals surface area (Å²) in [7, 11) is -3.49. The third kappa shape index (κ3) is 4.42. The highest BCUT2D eigenvalue weighted by Gasteiger charge is 2.18. The molecular formula is C19H21NO5S. The molecule has 0 saturated carbocycles. The van der Waals surface area contributed by atoms with Gasteiger partial charge in [-0.3, -0.25) is 4.79 Å². The number of rotatable bonds is 7. The average Bonchev–Trinajstić information content (AvgIpc) is 3.13. The molecule has 1 aliphatic heterocycles. The van der Waals surface area contributed by atoms with Crippen LogP contribution in [0.2, 0.25) is 0 Å². The molecule has 1 amide bonds. The molecule has 3 rings (SSSR count). The maximum Gasteiger partial charge on any atom is 0.221 e. The van der Waals surface area contributed by atoms with Gasteiger partial charge in [0.1, 0.15) is 5.75 Å². The van der Waals surface area contributed by atoms with Gasteiger partial charge in [-0.25, -0.2) is 8.42 Å². The molecule has 1 atom stereocenters. The van der Waals surface area contributed by atoms with E-state index in [9.17, 15) is 18.3 Å². The fourth-order valence-corrected chi connectivity index (χ4v) is 4.06. The Morgan fingerprint density at radius 3 is 2.73 bits per heavy atom. The number of carbonyl (C=O) groups excluding carboxylic acids is 1. The number of ether oxygens (including phenoxy) is 1. The number of hydrogen-bond acceptors (Lipinski definition) is 5. The topological polar surface area (TPSA) is 92.7 Å². The molecule has 2 aromatic carbocycles. The molecule has 0 aliphatic carbocycles. The highest BCUT2D eigenvalue weighted by atomic mass is 32.2. The monoisotopic (exact) mass is 375 g/mol. The molecule has 1 aliphatic rings. The van der Waals surface area contributed by atoms with E-state index in [-0.39, 0.29) is 23.6 Å². The summed E-state index contributed by atoms with van der Waals surface area (Å²) in [6, 6.07) is 13.5. The second-order valence-corrected chi connectivity index (χ2v) is 8.28. The first-order valence-corrected chi connectivity index (χ1v) is 10.1. The fraction of sp³-hybridized carbons (Fsp3) is 0.316. The zero-order valence-corrected chi connectivity index (χ0v) is 15.0. The first kappa shape index (κ1) is 18.4. The van der Waals surface area contributed by atoms with E-state index >= 15 is 0 Å². The van der Waals surface area contributed by atoms with Crippen LogP contribution in [0.1, 0.15) is 23.7 Å². The molecule has 7 heteroatoms. The zero-order valence-electron chi connectivity index (χ0n) is 14.2. The minimum absolute atomic E-state index is 0.0316. The normalized spacial score (nSPS) is 14.3. The van der Waals surface area contributed by atoms with Gasteiger partial charge < -0.3 is 15.2 Å². The predicted molar refractivity (Wildman–Crippen MR) is 96.7 cm³/mol.